The fourth-order valence-electron chi connectivity index (χ4n) is 1.54. The zero-order chi connectivity index (χ0) is 12.8. The third-order valence-corrected chi connectivity index (χ3v) is 7.48. The zero-order valence-corrected chi connectivity index (χ0v) is 15.9. The first kappa shape index (κ1) is 16.9. The molecule has 0 aliphatic heterocycles. The van der Waals surface area contributed by atoms with E-state index in [9.17, 15) is 0 Å². The fourth-order valence-corrected chi connectivity index (χ4v) is 7.11. The van der Waals surface area contributed by atoms with Gasteiger partial charge in [0.1, 0.15) is 0 Å². The number of amidine groups is 1. The molecule has 0 spiro atoms. The van der Waals surface area contributed by atoms with Gasteiger partial charge in [0, 0.05) is 0 Å². The molecule has 16 heavy (non-hydrogen) atoms. The van der Waals surface area contributed by atoms with E-state index in [0.29, 0.717) is 0 Å². The summed E-state index contributed by atoms with van der Waals surface area (Å²) in [5.74, 6) is 0. The van der Waals surface area contributed by atoms with Crippen LogP contribution in [-0.2, 0) is 0 Å². The standard InChI is InChI=1S/C11H23N2.2ClH.In/c1-6-8-9-13(10-12-7-2)11(3,4)5;;;/h6-9H2,1-5H3;2*1H;/q;;;+2/p-2. The number of rotatable bonds is 5. The Morgan fingerprint density at radius 1 is 1.25 bits per heavy atom. The molecule has 5 heteroatoms. The number of nitrogens with zero attached hydrogens (tertiary/aromatic N) is 2. The van der Waals surface area contributed by atoms with Crippen molar-refractivity contribution in [2.75, 3.05) is 13.1 Å². The molecule has 0 amide bonds. The van der Waals surface area contributed by atoms with E-state index in [-0.39, 0.29) is 5.54 Å². The Kier molecular flexibility index (Phi) is 8.56. The predicted octanol–water partition coefficient (Wildman–Crippen LogP) is 3.81. The molecule has 0 aromatic rings. The molecule has 0 rings (SSSR count). The first-order valence-electron chi connectivity index (χ1n) is 5.94. The second-order valence-electron chi connectivity index (χ2n) is 4.81. The minimum atomic E-state index is -2.57. The van der Waals surface area contributed by atoms with Gasteiger partial charge in [-0.05, 0) is 0 Å². The molecule has 0 saturated heterocycles. The first-order valence-corrected chi connectivity index (χ1v) is 15.9. The van der Waals surface area contributed by atoms with Crippen LogP contribution < -0.4 is 0 Å². The fraction of sp³-hybridized carbons (Fsp3) is 0.909. The van der Waals surface area contributed by atoms with Crippen LogP contribution in [0, 0.1) is 0 Å². The van der Waals surface area contributed by atoms with Crippen LogP contribution in [0.15, 0.2) is 4.99 Å². The minimum absolute atomic E-state index is 0.0577. The van der Waals surface area contributed by atoms with Crippen LogP contribution in [0.4, 0.5) is 0 Å². The summed E-state index contributed by atoms with van der Waals surface area (Å²) in [4.78, 5) is 6.82. The van der Waals surface area contributed by atoms with E-state index in [4.69, 9.17) is 17.2 Å². The van der Waals surface area contributed by atoms with Gasteiger partial charge in [-0.1, -0.05) is 0 Å². The molecule has 0 heterocycles. The molecule has 0 aliphatic carbocycles. The normalized spacial score (nSPS) is 12.8. The van der Waals surface area contributed by atoms with Crippen molar-refractivity contribution in [3.05, 3.63) is 0 Å². The molecule has 0 aliphatic rings. The summed E-state index contributed by atoms with van der Waals surface area (Å²) in [7, 11) is 12.4. The number of aliphatic imine (C=N–C) groups is 1. The molecule has 0 aromatic heterocycles. The van der Waals surface area contributed by atoms with E-state index in [1.807, 2.05) is 6.92 Å². The molecule has 0 bridgehead atoms. The third-order valence-electron chi connectivity index (χ3n) is 2.34. The quantitative estimate of drug-likeness (QED) is 0.532. The number of hydrogen-bond donors (Lipinski definition) is 0. The molecular formula is C11H23Cl2InN2. The van der Waals surface area contributed by atoms with E-state index in [1.165, 1.54) is 6.42 Å². The summed E-state index contributed by atoms with van der Waals surface area (Å²) in [5.41, 5.74) is 0.0577. The van der Waals surface area contributed by atoms with Gasteiger partial charge in [0.2, 0.25) is 0 Å². The van der Waals surface area contributed by atoms with Crippen LogP contribution in [0.5, 0.6) is 0 Å². The van der Waals surface area contributed by atoms with Crippen LogP contribution in [-0.4, -0.2) is 46.2 Å². The van der Waals surface area contributed by atoms with E-state index < -0.39 is 19.1 Å². The average molecular weight is 369 g/mol. The third kappa shape index (κ3) is 6.02. The van der Waals surface area contributed by atoms with Crippen LogP contribution >= 0.6 is 17.2 Å². The van der Waals surface area contributed by atoms with E-state index in [1.54, 1.807) is 0 Å². The van der Waals surface area contributed by atoms with Crippen molar-refractivity contribution in [3.63, 3.8) is 0 Å². The summed E-state index contributed by atoms with van der Waals surface area (Å²) >= 11 is -2.57. The summed E-state index contributed by atoms with van der Waals surface area (Å²) in [6.45, 7) is 12.6. The van der Waals surface area contributed by atoms with Crippen LogP contribution in [0.25, 0.3) is 0 Å². The molecule has 94 valence electrons. The Morgan fingerprint density at radius 3 is 2.12 bits per heavy atom. The second-order valence-corrected chi connectivity index (χ2v) is 15.4. The van der Waals surface area contributed by atoms with Gasteiger partial charge in [-0.25, -0.2) is 0 Å². The van der Waals surface area contributed by atoms with E-state index in [0.717, 1.165) is 23.1 Å². The Morgan fingerprint density at radius 2 is 1.81 bits per heavy atom. The van der Waals surface area contributed by atoms with Crippen molar-refractivity contribution in [1.82, 2.24) is 4.90 Å². The predicted molar refractivity (Wildman–Crippen MR) is 76.8 cm³/mol. The first-order chi connectivity index (χ1) is 7.34. The summed E-state index contributed by atoms with van der Waals surface area (Å²) in [6.07, 6.45) is 2.34. The number of hydrogen-bond acceptors (Lipinski definition) is 1. The van der Waals surface area contributed by atoms with E-state index >= 15 is 0 Å². The summed E-state index contributed by atoms with van der Waals surface area (Å²) in [5, 5.41) is 0. The van der Waals surface area contributed by atoms with Gasteiger partial charge < -0.3 is 0 Å². The molecule has 2 nitrogen and oxygen atoms in total. The monoisotopic (exact) mass is 368 g/mol. The Hall–Kier alpha value is 0.920. The van der Waals surface area contributed by atoms with Crippen molar-refractivity contribution in [2.24, 2.45) is 4.99 Å². The number of halogens is 2. The Bertz CT molecular complexity index is 225. The van der Waals surface area contributed by atoms with Gasteiger partial charge in [0.05, 0.1) is 0 Å². The Balaban J connectivity index is 4.90. The Labute approximate surface area is 115 Å². The average Bonchev–Trinajstić information content (AvgIpc) is 2.14. The summed E-state index contributed by atoms with van der Waals surface area (Å²) < 4.78 is 1.01. The topological polar surface area (TPSA) is 15.6 Å². The van der Waals surface area contributed by atoms with Crippen molar-refractivity contribution >= 4 is 39.8 Å². The van der Waals surface area contributed by atoms with Gasteiger partial charge in [-0.15, -0.1) is 0 Å². The van der Waals surface area contributed by atoms with Crippen LogP contribution in [0.1, 0.15) is 47.5 Å². The molecule has 0 N–H and O–H groups in total. The van der Waals surface area contributed by atoms with Gasteiger partial charge in [-0.3, -0.25) is 0 Å². The van der Waals surface area contributed by atoms with Crippen molar-refractivity contribution < 1.29 is 0 Å². The SMILES string of the molecule is CCCCN([C](=NCC)[In]([Cl])[Cl])C(C)(C)C. The molecule has 0 fully saturated rings. The maximum absolute atomic E-state index is 6.21. The molecule has 0 radical (unpaired) electrons. The second kappa shape index (κ2) is 8.10. The van der Waals surface area contributed by atoms with E-state index in [2.05, 4.69) is 37.6 Å². The summed E-state index contributed by atoms with van der Waals surface area (Å²) in [6, 6.07) is 0. The molecule has 0 saturated carbocycles. The van der Waals surface area contributed by atoms with Gasteiger partial charge in [-0.2, -0.15) is 0 Å². The molecule has 0 unspecified atom stereocenters. The van der Waals surface area contributed by atoms with Gasteiger partial charge in [0.25, 0.3) is 0 Å². The maximum atomic E-state index is 6.21. The van der Waals surface area contributed by atoms with Crippen LogP contribution in [0.2, 0.25) is 0 Å². The van der Waals surface area contributed by atoms with Crippen LogP contribution in [0.3, 0.4) is 0 Å². The van der Waals surface area contributed by atoms with Crippen molar-refractivity contribution in [3.8, 4) is 0 Å². The van der Waals surface area contributed by atoms with Gasteiger partial charge >= 0.3 is 116 Å². The zero-order valence-electron chi connectivity index (χ0n) is 11.1. The van der Waals surface area contributed by atoms with Crippen molar-refractivity contribution in [1.29, 1.82) is 0 Å². The van der Waals surface area contributed by atoms with Crippen molar-refractivity contribution in [2.45, 2.75) is 53.0 Å². The molecular weight excluding hydrogens is 346 g/mol. The van der Waals surface area contributed by atoms with Gasteiger partial charge in [0.15, 0.2) is 0 Å². The molecule has 0 aromatic carbocycles. The number of unbranched alkanes of at least 4 members (excludes halogenated alkanes) is 1. The molecule has 0 atom stereocenters.